The first kappa shape index (κ1) is 25.6. The normalized spacial score (nSPS) is 21.6. The van der Waals surface area contributed by atoms with Crippen LogP contribution in [0.3, 0.4) is 0 Å². The van der Waals surface area contributed by atoms with Gasteiger partial charge in [-0.15, -0.1) is 0 Å². The SMILES string of the molecule is O=C(CCC(=O)N1CCC(OC(c2ccccc2)c2ccccc2)CC1)/C1=C/CCC(Br)/C=C\C1. The van der Waals surface area contributed by atoms with Crippen molar-refractivity contribution in [2.45, 2.75) is 62.0 Å². The zero-order chi connectivity index (χ0) is 24.5. The van der Waals surface area contributed by atoms with Gasteiger partial charge in [-0.2, -0.15) is 0 Å². The number of ketones is 1. The molecule has 4 nitrogen and oxygen atoms in total. The van der Waals surface area contributed by atoms with Gasteiger partial charge >= 0.3 is 0 Å². The number of hydrogen-bond acceptors (Lipinski definition) is 3. The van der Waals surface area contributed by atoms with Crippen molar-refractivity contribution in [3.63, 3.8) is 0 Å². The highest BCUT2D eigenvalue weighted by Crippen LogP contribution is 2.30. The van der Waals surface area contributed by atoms with Crippen LogP contribution in [0.5, 0.6) is 0 Å². The molecule has 5 heteroatoms. The summed E-state index contributed by atoms with van der Waals surface area (Å²) < 4.78 is 6.59. The second kappa shape index (κ2) is 13.0. The van der Waals surface area contributed by atoms with E-state index in [2.05, 4.69) is 46.3 Å². The molecule has 1 heterocycles. The summed E-state index contributed by atoms with van der Waals surface area (Å²) in [6, 6.07) is 20.6. The molecule has 0 N–H and O–H groups in total. The van der Waals surface area contributed by atoms with E-state index in [1.165, 1.54) is 0 Å². The van der Waals surface area contributed by atoms with Crippen LogP contribution in [-0.4, -0.2) is 40.6 Å². The quantitative estimate of drug-likeness (QED) is 0.284. The van der Waals surface area contributed by atoms with Gasteiger partial charge in [-0.05, 0) is 48.8 Å². The van der Waals surface area contributed by atoms with Crippen molar-refractivity contribution in [3.8, 4) is 0 Å². The van der Waals surface area contributed by atoms with Crippen LogP contribution in [0, 0.1) is 0 Å². The molecule has 35 heavy (non-hydrogen) atoms. The van der Waals surface area contributed by atoms with Crippen molar-refractivity contribution in [1.29, 1.82) is 0 Å². The first-order chi connectivity index (χ1) is 17.1. The molecule has 2 aromatic rings. The van der Waals surface area contributed by atoms with E-state index in [-0.39, 0.29) is 36.7 Å². The van der Waals surface area contributed by atoms with Crippen molar-refractivity contribution < 1.29 is 14.3 Å². The topological polar surface area (TPSA) is 46.6 Å². The van der Waals surface area contributed by atoms with E-state index < -0.39 is 0 Å². The van der Waals surface area contributed by atoms with Crippen molar-refractivity contribution in [3.05, 3.63) is 95.6 Å². The molecule has 0 aromatic heterocycles. The summed E-state index contributed by atoms with van der Waals surface area (Å²) in [6.07, 6.45) is 10.9. The number of carbonyl (C=O) groups is 2. The molecule has 1 saturated heterocycles. The monoisotopic (exact) mass is 535 g/mol. The van der Waals surface area contributed by atoms with Crippen LogP contribution in [0.1, 0.15) is 62.2 Å². The number of Topliss-reactive ketones (excluding diaryl/α,β-unsaturated/α-hetero) is 1. The Kier molecular flexibility index (Phi) is 9.50. The van der Waals surface area contributed by atoms with Gasteiger partial charge in [0, 0.05) is 30.8 Å². The summed E-state index contributed by atoms with van der Waals surface area (Å²) in [5.74, 6) is 0.171. The predicted molar refractivity (Wildman–Crippen MR) is 143 cm³/mol. The molecule has 1 amide bonds. The number of piperidine rings is 1. The molecule has 0 spiro atoms. The smallest absolute Gasteiger partial charge is 0.223 e. The Labute approximate surface area is 217 Å². The highest BCUT2D eigenvalue weighted by Gasteiger charge is 2.27. The molecular weight excluding hydrogens is 502 g/mol. The fourth-order valence-electron chi connectivity index (χ4n) is 4.74. The summed E-state index contributed by atoms with van der Waals surface area (Å²) in [5.41, 5.74) is 3.12. The molecular formula is C30H34BrNO3. The zero-order valence-corrected chi connectivity index (χ0v) is 21.7. The van der Waals surface area contributed by atoms with Crippen LogP contribution < -0.4 is 0 Å². The van der Waals surface area contributed by atoms with E-state index in [1.54, 1.807) is 0 Å². The van der Waals surface area contributed by atoms with Gasteiger partial charge in [-0.3, -0.25) is 9.59 Å². The molecule has 0 radical (unpaired) electrons. The van der Waals surface area contributed by atoms with Gasteiger partial charge < -0.3 is 9.64 Å². The number of alkyl halides is 1. The largest absolute Gasteiger partial charge is 0.365 e. The Hall–Kier alpha value is -2.50. The number of rotatable bonds is 8. The number of ether oxygens (including phenoxy) is 1. The van der Waals surface area contributed by atoms with E-state index >= 15 is 0 Å². The van der Waals surface area contributed by atoms with Gasteiger partial charge in [-0.25, -0.2) is 0 Å². The van der Waals surface area contributed by atoms with Crippen LogP contribution in [0.15, 0.2) is 84.5 Å². The van der Waals surface area contributed by atoms with Crippen LogP contribution in [-0.2, 0) is 14.3 Å². The first-order valence-corrected chi connectivity index (χ1v) is 13.6. The van der Waals surface area contributed by atoms with E-state index in [0.29, 0.717) is 24.3 Å². The van der Waals surface area contributed by atoms with Gasteiger partial charge in [0.05, 0.1) is 6.10 Å². The summed E-state index contributed by atoms with van der Waals surface area (Å²) in [4.78, 5) is 27.8. The first-order valence-electron chi connectivity index (χ1n) is 12.7. The molecule has 1 atom stereocenters. The fraction of sp³-hybridized carbons (Fsp3) is 0.400. The van der Waals surface area contributed by atoms with Crippen molar-refractivity contribution >= 4 is 27.6 Å². The molecule has 1 aliphatic carbocycles. The van der Waals surface area contributed by atoms with Gasteiger partial charge in [-0.1, -0.05) is 94.8 Å². The maximum atomic E-state index is 12.8. The standard InChI is InChI=1S/C30H34BrNO3/c31-26-15-7-13-23(14-8-16-26)28(33)17-18-29(34)32-21-19-27(20-22-32)35-30(24-9-3-1-4-10-24)25-11-5-2-6-12-25/h1-7,9-12,14-15,26-27,30H,8,13,16-22H2/b15-7-,23-14+. The zero-order valence-electron chi connectivity index (χ0n) is 20.2. The number of halogens is 1. The molecule has 2 aliphatic rings. The molecule has 2 aromatic carbocycles. The Bertz CT molecular complexity index is 987. The summed E-state index contributed by atoms with van der Waals surface area (Å²) in [5, 5.41) is 0. The van der Waals surface area contributed by atoms with Gasteiger partial charge in [0.15, 0.2) is 5.78 Å². The molecule has 1 fully saturated rings. The van der Waals surface area contributed by atoms with E-state index in [4.69, 9.17) is 4.74 Å². The minimum Gasteiger partial charge on any atom is -0.365 e. The second-order valence-electron chi connectivity index (χ2n) is 9.30. The average Bonchev–Trinajstić information content (AvgIpc) is 2.89. The number of amides is 1. The lowest BCUT2D eigenvalue weighted by Crippen LogP contribution is -2.41. The number of carbonyl (C=O) groups excluding carboxylic acids is 2. The number of allylic oxidation sites excluding steroid dienone is 4. The summed E-state index contributed by atoms with van der Waals surface area (Å²) in [6.45, 7) is 1.35. The number of hydrogen-bond donors (Lipinski definition) is 0. The number of likely N-dealkylation sites (tertiary alicyclic amines) is 1. The van der Waals surface area contributed by atoms with Crippen molar-refractivity contribution in [2.75, 3.05) is 13.1 Å². The molecule has 1 aliphatic heterocycles. The number of nitrogens with zero attached hydrogens (tertiary/aromatic N) is 1. The van der Waals surface area contributed by atoms with E-state index in [1.807, 2.05) is 53.5 Å². The van der Waals surface area contributed by atoms with E-state index in [9.17, 15) is 9.59 Å². The van der Waals surface area contributed by atoms with Gasteiger partial charge in [0.25, 0.3) is 0 Å². The molecule has 184 valence electrons. The Morgan fingerprint density at radius 3 is 2.17 bits per heavy atom. The summed E-state index contributed by atoms with van der Waals surface area (Å²) in [7, 11) is 0. The molecule has 0 bridgehead atoms. The molecule has 0 saturated carbocycles. The van der Waals surface area contributed by atoms with Crippen molar-refractivity contribution in [1.82, 2.24) is 4.90 Å². The van der Waals surface area contributed by atoms with Gasteiger partial charge in [0.2, 0.25) is 5.91 Å². The van der Waals surface area contributed by atoms with Crippen LogP contribution in [0.2, 0.25) is 0 Å². The maximum Gasteiger partial charge on any atom is 0.223 e. The van der Waals surface area contributed by atoms with Crippen LogP contribution >= 0.6 is 15.9 Å². The van der Waals surface area contributed by atoms with E-state index in [0.717, 1.165) is 42.4 Å². The highest BCUT2D eigenvalue weighted by molar-refractivity contribution is 9.09. The third kappa shape index (κ3) is 7.49. The lowest BCUT2D eigenvalue weighted by Gasteiger charge is -2.34. The van der Waals surface area contributed by atoms with Crippen LogP contribution in [0.25, 0.3) is 0 Å². The third-order valence-electron chi connectivity index (χ3n) is 6.77. The van der Waals surface area contributed by atoms with Gasteiger partial charge in [0.1, 0.15) is 6.10 Å². The lowest BCUT2D eigenvalue weighted by atomic mass is 9.98. The second-order valence-corrected chi connectivity index (χ2v) is 10.5. The highest BCUT2D eigenvalue weighted by atomic mass is 79.9. The average molecular weight is 537 g/mol. The predicted octanol–water partition coefficient (Wildman–Crippen LogP) is 6.56. The molecule has 4 rings (SSSR count). The maximum absolute atomic E-state index is 12.8. The Morgan fingerprint density at radius 1 is 0.914 bits per heavy atom. The minimum absolute atomic E-state index is 0.0713. The Balaban J connectivity index is 1.27. The lowest BCUT2D eigenvalue weighted by molar-refractivity contribution is -0.135. The Morgan fingerprint density at radius 2 is 1.54 bits per heavy atom. The minimum atomic E-state index is -0.117. The molecule has 1 unspecified atom stereocenters. The summed E-state index contributed by atoms with van der Waals surface area (Å²) >= 11 is 3.60. The van der Waals surface area contributed by atoms with Crippen molar-refractivity contribution in [2.24, 2.45) is 0 Å². The number of benzene rings is 2. The van der Waals surface area contributed by atoms with Crippen LogP contribution in [0.4, 0.5) is 0 Å². The third-order valence-corrected chi connectivity index (χ3v) is 7.53. The fourth-order valence-corrected chi connectivity index (χ4v) is 5.22.